The van der Waals surface area contributed by atoms with Crippen molar-refractivity contribution in [1.82, 2.24) is 10.2 Å². The summed E-state index contributed by atoms with van der Waals surface area (Å²) in [5.41, 5.74) is 1.49. The van der Waals surface area contributed by atoms with Crippen LogP contribution in [0.1, 0.15) is 30.9 Å². The molecule has 0 aliphatic heterocycles. The van der Waals surface area contributed by atoms with Gasteiger partial charge in [0.1, 0.15) is 11.5 Å². The predicted octanol–water partition coefficient (Wildman–Crippen LogP) is 5.48. The van der Waals surface area contributed by atoms with Crippen LogP contribution in [-0.4, -0.2) is 27.9 Å². The predicted molar refractivity (Wildman–Crippen MR) is 119 cm³/mol. The van der Waals surface area contributed by atoms with Crippen molar-refractivity contribution in [2.75, 3.05) is 6.61 Å². The first-order valence-electron chi connectivity index (χ1n) is 9.58. The average molecular weight is 461 g/mol. The van der Waals surface area contributed by atoms with Crippen molar-refractivity contribution in [3.05, 3.63) is 69.4 Å². The number of carbonyl (C=O) groups is 1. The van der Waals surface area contributed by atoms with E-state index in [9.17, 15) is 9.90 Å². The van der Waals surface area contributed by atoms with Crippen LogP contribution in [0.4, 0.5) is 0 Å². The third-order valence-corrected chi connectivity index (χ3v) is 5.29. The first-order chi connectivity index (χ1) is 15.0. The van der Waals surface area contributed by atoms with E-state index in [1.165, 1.54) is 6.08 Å². The van der Waals surface area contributed by atoms with Gasteiger partial charge in [-0.05, 0) is 48.5 Å². The van der Waals surface area contributed by atoms with Crippen LogP contribution >= 0.6 is 23.4 Å². The van der Waals surface area contributed by atoms with Gasteiger partial charge in [0, 0.05) is 17.0 Å². The monoisotopic (exact) mass is 460 g/mol. The number of halogens is 1. The lowest BCUT2D eigenvalue weighted by Crippen LogP contribution is -2.01. The normalized spacial score (nSPS) is 11.4. The highest BCUT2D eigenvalue weighted by Crippen LogP contribution is 2.33. The van der Waals surface area contributed by atoms with E-state index < -0.39 is 5.97 Å². The second kappa shape index (κ2) is 10.9. The van der Waals surface area contributed by atoms with Crippen LogP contribution in [-0.2, 0) is 17.8 Å². The number of hydrogen-bond acceptors (Lipinski definition) is 7. The molecule has 9 heteroatoms. The molecular formula is C22H21ClN2O5S. The molecule has 0 aliphatic carbocycles. The van der Waals surface area contributed by atoms with Crippen LogP contribution in [0.25, 0.3) is 6.08 Å². The highest BCUT2D eigenvalue weighted by Gasteiger charge is 2.16. The van der Waals surface area contributed by atoms with Gasteiger partial charge in [0.15, 0.2) is 11.5 Å². The summed E-state index contributed by atoms with van der Waals surface area (Å²) in [6.45, 7) is 4.44. The summed E-state index contributed by atoms with van der Waals surface area (Å²) in [6, 6.07) is 12.6. The minimum Gasteiger partial charge on any atom is -0.490 e. The molecule has 7 nitrogen and oxygen atoms in total. The quantitative estimate of drug-likeness (QED) is 0.314. The number of carboxylic acids is 1. The third-order valence-electron chi connectivity index (χ3n) is 4.07. The second-order valence-electron chi connectivity index (χ2n) is 6.25. The van der Waals surface area contributed by atoms with Gasteiger partial charge in [-0.25, -0.2) is 4.79 Å². The molecule has 3 rings (SSSR count). The summed E-state index contributed by atoms with van der Waals surface area (Å²) in [4.78, 5) is 11.7. The molecule has 162 valence electrons. The van der Waals surface area contributed by atoms with E-state index in [4.69, 9.17) is 25.5 Å². The van der Waals surface area contributed by atoms with Gasteiger partial charge in [-0.15, -0.1) is 10.2 Å². The maximum absolute atomic E-state index is 11.7. The summed E-state index contributed by atoms with van der Waals surface area (Å²) >= 11 is 7.08. The molecule has 31 heavy (non-hydrogen) atoms. The number of nitrogens with zero attached hydrogens (tertiary/aromatic N) is 2. The van der Waals surface area contributed by atoms with Gasteiger partial charge in [-0.1, -0.05) is 42.8 Å². The zero-order valence-electron chi connectivity index (χ0n) is 17.0. The SMILES string of the molecule is CCOc1cc(/C=C(\Sc2nnc(CC)o2)C(=O)O)ccc1OCc1ccccc1Cl. The molecule has 1 aromatic heterocycles. The Morgan fingerprint density at radius 1 is 1.16 bits per heavy atom. The Hall–Kier alpha value is -2.97. The molecule has 0 unspecified atom stereocenters. The summed E-state index contributed by atoms with van der Waals surface area (Å²) in [6.07, 6.45) is 2.09. The van der Waals surface area contributed by atoms with Gasteiger partial charge in [0.25, 0.3) is 5.22 Å². The second-order valence-corrected chi connectivity index (χ2v) is 7.65. The first kappa shape index (κ1) is 22.7. The number of carboxylic acid groups (broad SMARTS) is 1. The fourth-order valence-electron chi connectivity index (χ4n) is 2.58. The number of hydrogen-bond donors (Lipinski definition) is 1. The fourth-order valence-corrected chi connectivity index (χ4v) is 3.46. The van der Waals surface area contributed by atoms with Gasteiger partial charge in [-0.2, -0.15) is 0 Å². The van der Waals surface area contributed by atoms with E-state index in [0.717, 1.165) is 17.3 Å². The average Bonchev–Trinajstić information content (AvgIpc) is 3.21. The molecule has 0 saturated heterocycles. The van der Waals surface area contributed by atoms with Crippen molar-refractivity contribution in [1.29, 1.82) is 0 Å². The van der Waals surface area contributed by atoms with Crippen molar-refractivity contribution in [2.45, 2.75) is 32.1 Å². The zero-order valence-corrected chi connectivity index (χ0v) is 18.6. The van der Waals surface area contributed by atoms with Crippen molar-refractivity contribution in [3.8, 4) is 11.5 Å². The Morgan fingerprint density at radius 3 is 2.65 bits per heavy atom. The van der Waals surface area contributed by atoms with Crippen LogP contribution in [0.3, 0.4) is 0 Å². The Labute approximate surface area is 189 Å². The smallest absolute Gasteiger partial charge is 0.342 e. The third kappa shape index (κ3) is 6.26. The maximum Gasteiger partial charge on any atom is 0.342 e. The number of rotatable bonds is 10. The number of benzene rings is 2. The Balaban J connectivity index is 1.82. The summed E-state index contributed by atoms with van der Waals surface area (Å²) in [5.74, 6) is 0.390. The topological polar surface area (TPSA) is 94.7 Å². The van der Waals surface area contributed by atoms with Gasteiger partial charge < -0.3 is 19.0 Å². The molecule has 0 amide bonds. The van der Waals surface area contributed by atoms with Crippen LogP contribution in [0.15, 0.2) is 57.0 Å². The number of thioether (sulfide) groups is 1. The lowest BCUT2D eigenvalue weighted by molar-refractivity contribution is -0.131. The molecular weight excluding hydrogens is 440 g/mol. The van der Waals surface area contributed by atoms with Crippen molar-refractivity contribution in [3.63, 3.8) is 0 Å². The lowest BCUT2D eigenvalue weighted by Gasteiger charge is -2.13. The number of aromatic nitrogens is 2. The van der Waals surface area contributed by atoms with Crippen molar-refractivity contribution >= 4 is 35.4 Å². The zero-order chi connectivity index (χ0) is 22.2. The highest BCUT2D eigenvalue weighted by atomic mass is 35.5. The van der Waals surface area contributed by atoms with E-state index in [1.807, 2.05) is 32.0 Å². The lowest BCUT2D eigenvalue weighted by atomic mass is 10.2. The molecule has 0 spiro atoms. The van der Waals surface area contributed by atoms with Gasteiger partial charge in [0.05, 0.1) is 6.61 Å². The highest BCUT2D eigenvalue weighted by molar-refractivity contribution is 8.03. The van der Waals surface area contributed by atoms with E-state index in [1.54, 1.807) is 24.3 Å². The number of aryl methyl sites for hydroxylation is 1. The van der Waals surface area contributed by atoms with Gasteiger partial charge >= 0.3 is 5.97 Å². The Bertz CT molecular complexity index is 1080. The Kier molecular flexibility index (Phi) is 7.97. The van der Waals surface area contributed by atoms with E-state index in [2.05, 4.69) is 10.2 Å². The van der Waals surface area contributed by atoms with E-state index in [-0.39, 0.29) is 16.7 Å². The molecule has 0 radical (unpaired) electrons. The molecule has 3 aromatic rings. The van der Waals surface area contributed by atoms with Crippen LogP contribution in [0.5, 0.6) is 11.5 Å². The van der Waals surface area contributed by atoms with Gasteiger partial charge in [-0.3, -0.25) is 0 Å². The molecule has 0 atom stereocenters. The summed E-state index contributed by atoms with van der Waals surface area (Å²) in [5, 5.41) is 18.1. The van der Waals surface area contributed by atoms with Crippen molar-refractivity contribution < 1.29 is 23.8 Å². The summed E-state index contributed by atoms with van der Waals surface area (Å²) < 4.78 is 17.0. The van der Waals surface area contributed by atoms with Crippen LogP contribution in [0, 0.1) is 0 Å². The number of aliphatic carboxylic acids is 1. The molecule has 0 saturated carbocycles. The van der Waals surface area contributed by atoms with Crippen LogP contribution in [0.2, 0.25) is 5.02 Å². The van der Waals surface area contributed by atoms with Gasteiger partial charge in [0.2, 0.25) is 5.89 Å². The van der Waals surface area contributed by atoms with E-state index >= 15 is 0 Å². The summed E-state index contributed by atoms with van der Waals surface area (Å²) in [7, 11) is 0. The van der Waals surface area contributed by atoms with Crippen molar-refractivity contribution in [2.24, 2.45) is 0 Å². The molecule has 2 aromatic carbocycles. The molecule has 0 aliphatic rings. The Morgan fingerprint density at radius 2 is 1.97 bits per heavy atom. The fraction of sp³-hybridized carbons (Fsp3) is 0.227. The molecule has 1 N–H and O–H groups in total. The largest absolute Gasteiger partial charge is 0.490 e. The first-order valence-corrected chi connectivity index (χ1v) is 10.8. The minimum absolute atomic E-state index is 0.0403. The molecule has 0 fully saturated rings. The maximum atomic E-state index is 11.7. The molecule has 0 bridgehead atoms. The standard InChI is InChI=1S/C22H21ClN2O5S/c1-3-20-24-25-22(30-20)31-19(21(26)27)12-14-9-10-17(18(11-14)28-4-2)29-13-15-7-5-6-8-16(15)23/h5-12H,3-4,13H2,1-2H3,(H,26,27)/b19-12-. The molecule has 1 heterocycles. The number of ether oxygens (including phenoxy) is 2. The van der Waals surface area contributed by atoms with Crippen LogP contribution < -0.4 is 9.47 Å². The van der Waals surface area contributed by atoms with E-state index in [0.29, 0.717) is 41.0 Å². The minimum atomic E-state index is -1.10.